The van der Waals surface area contributed by atoms with E-state index in [0.717, 1.165) is 17.1 Å². The molecule has 1 amide bonds. The summed E-state index contributed by atoms with van der Waals surface area (Å²) in [6.45, 7) is -0.0528. The predicted octanol–water partition coefficient (Wildman–Crippen LogP) is 2.11. The minimum Gasteiger partial charge on any atom is -0.322 e. The van der Waals surface area contributed by atoms with Crippen LogP contribution >= 0.6 is 23.9 Å². The normalized spacial score (nSPS) is 10.2. The third kappa shape index (κ3) is 5.08. The number of nitrogens with zero attached hydrogens (tertiary/aromatic N) is 2. The van der Waals surface area contributed by atoms with Crippen molar-refractivity contribution in [2.75, 3.05) is 11.9 Å². The van der Waals surface area contributed by atoms with Gasteiger partial charge < -0.3 is 5.73 Å². The number of carbonyl (C=O) groups excluding carboxylic acids is 1. The Bertz CT molecular complexity index is 571. The van der Waals surface area contributed by atoms with Crippen molar-refractivity contribution in [3.8, 4) is 0 Å². The lowest BCUT2D eigenvalue weighted by Crippen LogP contribution is -2.21. The molecule has 20 heavy (non-hydrogen) atoms. The number of allylic oxidation sites excluding steroid dienone is 1. The SMILES string of the molecule is Cl.NCC(=O)Nc1nc(CC=Cc2ccccc2)ns1. The van der Waals surface area contributed by atoms with E-state index in [1.165, 1.54) is 0 Å². The molecule has 2 aromatic rings. The van der Waals surface area contributed by atoms with Gasteiger partial charge in [-0.3, -0.25) is 10.1 Å². The zero-order valence-electron chi connectivity index (χ0n) is 10.7. The van der Waals surface area contributed by atoms with Crippen molar-refractivity contribution in [2.45, 2.75) is 6.42 Å². The molecule has 7 heteroatoms. The van der Waals surface area contributed by atoms with Gasteiger partial charge in [0.1, 0.15) is 5.82 Å². The van der Waals surface area contributed by atoms with E-state index in [1.54, 1.807) is 0 Å². The maximum absolute atomic E-state index is 11.1. The Labute approximate surface area is 127 Å². The summed E-state index contributed by atoms with van der Waals surface area (Å²) < 4.78 is 4.16. The zero-order valence-corrected chi connectivity index (χ0v) is 12.3. The van der Waals surface area contributed by atoms with E-state index in [1.807, 2.05) is 42.5 Å². The highest BCUT2D eigenvalue weighted by Crippen LogP contribution is 2.11. The second kappa shape index (κ2) is 8.42. The molecular weight excluding hydrogens is 296 g/mol. The van der Waals surface area contributed by atoms with Crippen molar-refractivity contribution in [1.82, 2.24) is 9.36 Å². The van der Waals surface area contributed by atoms with E-state index >= 15 is 0 Å². The molecule has 0 radical (unpaired) electrons. The van der Waals surface area contributed by atoms with Crippen molar-refractivity contribution in [3.05, 3.63) is 47.8 Å². The second-order valence-corrected chi connectivity index (χ2v) is 4.54. The number of carbonyl (C=O) groups is 1. The molecule has 0 spiro atoms. The van der Waals surface area contributed by atoms with Crippen molar-refractivity contribution >= 4 is 41.1 Å². The van der Waals surface area contributed by atoms with E-state index in [9.17, 15) is 4.79 Å². The first-order valence-electron chi connectivity index (χ1n) is 5.82. The summed E-state index contributed by atoms with van der Waals surface area (Å²) in [5, 5.41) is 3.06. The quantitative estimate of drug-likeness (QED) is 0.886. The fourth-order valence-corrected chi connectivity index (χ4v) is 2.04. The Morgan fingerprint density at radius 1 is 1.35 bits per heavy atom. The zero-order chi connectivity index (χ0) is 13.5. The first-order valence-corrected chi connectivity index (χ1v) is 6.59. The minimum absolute atomic E-state index is 0. The number of hydrogen-bond acceptors (Lipinski definition) is 5. The van der Waals surface area contributed by atoms with Crippen molar-refractivity contribution in [2.24, 2.45) is 5.73 Å². The fraction of sp³-hybridized carbons (Fsp3) is 0.154. The van der Waals surface area contributed by atoms with Gasteiger partial charge in [0.05, 0.1) is 6.54 Å². The average molecular weight is 311 g/mol. The molecule has 106 valence electrons. The van der Waals surface area contributed by atoms with E-state index in [-0.39, 0.29) is 24.9 Å². The molecule has 0 aliphatic rings. The van der Waals surface area contributed by atoms with Gasteiger partial charge in [-0.05, 0) is 5.56 Å². The largest absolute Gasteiger partial charge is 0.322 e. The molecule has 3 N–H and O–H groups in total. The van der Waals surface area contributed by atoms with Gasteiger partial charge in [-0.25, -0.2) is 4.98 Å². The standard InChI is InChI=1S/C13H14N4OS.ClH/c14-9-12(18)16-13-15-11(17-19-13)8-4-7-10-5-2-1-3-6-10;/h1-7H,8-9,14H2,(H,15,16,17,18);1H. The number of benzene rings is 1. The molecule has 1 aromatic heterocycles. The van der Waals surface area contributed by atoms with Crippen LogP contribution in [0.4, 0.5) is 5.13 Å². The van der Waals surface area contributed by atoms with Gasteiger partial charge in [-0.1, -0.05) is 42.5 Å². The van der Waals surface area contributed by atoms with Crippen LogP contribution in [0.15, 0.2) is 36.4 Å². The van der Waals surface area contributed by atoms with Crippen molar-refractivity contribution in [1.29, 1.82) is 0 Å². The highest BCUT2D eigenvalue weighted by molar-refractivity contribution is 7.09. The number of nitrogens with two attached hydrogens (primary N) is 1. The van der Waals surface area contributed by atoms with Crippen LogP contribution in [0.5, 0.6) is 0 Å². The smallest absolute Gasteiger partial charge is 0.239 e. The monoisotopic (exact) mass is 310 g/mol. The first kappa shape index (κ1) is 16.3. The summed E-state index contributed by atoms with van der Waals surface area (Å²) in [6, 6.07) is 10.0. The molecule has 0 bridgehead atoms. The Hall–Kier alpha value is -1.76. The number of aromatic nitrogens is 2. The first-order chi connectivity index (χ1) is 9.28. The van der Waals surface area contributed by atoms with Crippen molar-refractivity contribution < 1.29 is 4.79 Å². The average Bonchev–Trinajstić information content (AvgIpc) is 2.87. The molecule has 0 fully saturated rings. The summed E-state index contributed by atoms with van der Waals surface area (Å²) in [5.74, 6) is 0.423. The summed E-state index contributed by atoms with van der Waals surface area (Å²) in [5.41, 5.74) is 6.34. The Morgan fingerprint density at radius 3 is 2.80 bits per heavy atom. The summed E-state index contributed by atoms with van der Waals surface area (Å²) >= 11 is 1.16. The van der Waals surface area contributed by atoms with Gasteiger partial charge in [0.2, 0.25) is 11.0 Å². The maximum atomic E-state index is 11.1. The van der Waals surface area contributed by atoms with Gasteiger partial charge in [-0.15, -0.1) is 12.4 Å². The third-order valence-electron chi connectivity index (χ3n) is 2.31. The molecule has 1 aromatic carbocycles. The topological polar surface area (TPSA) is 80.9 Å². The summed E-state index contributed by atoms with van der Waals surface area (Å²) in [6.07, 6.45) is 4.63. The molecule has 0 aliphatic carbocycles. The molecule has 1 heterocycles. The fourth-order valence-electron chi connectivity index (χ4n) is 1.42. The van der Waals surface area contributed by atoms with Crippen LogP contribution in [0.1, 0.15) is 11.4 Å². The Morgan fingerprint density at radius 2 is 2.10 bits per heavy atom. The number of anilines is 1. The highest BCUT2D eigenvalue weighted by atomic mass is 35.5. The van der Waals surface area contributed by atoms with Crippen LogP contribution in [0.3, 0.4) is 0 Å². The number of rotatable bonds is 5. The molecule has 0 unspecified atom stereocenters. The van der Waals surface area contributed by atoms with Crippen LogP contribution in [0, 0.1) is 0 Å². The number of nitrogens with one attached hydrogen (secondary N) is 1. The predicted molar refractivity (Wildman–Crippen MR) is 84.0 cm³/mol. The Balaban J connectivity index is 0.00000200. The molecule has 0 atom stereocenters. The number of hydrogen-bond donors (Lipinski definition) is 2. The van der Waals surface area contributed by atoms with Crippen LogP contribution in [-0.2, 0) is 11.2 Å². The molecular formula is C13H15ClN4OS. The maximum Gasteiger partial charge on any atom is 0.239 e. The minimum atomic E-state index is -0.262. The van der Waals surface area contributed by atoms with Crippen LogP contribution in [0.2, 0.25) is 0 Å². The highest BCUT2D eigenvalue weighted by Gasteiger charge is 2.05. The number of amides is 1. The number of halogens is 1. The molecule has 0 saturated heterocycles. The summed E-state index contributed by atoms with van der Waals surface area (Å²) in [4.78, 5) is 15.3. The van der Waals surface area contributed by atoms with Crippen LogP contribution in [0.25, 0.3) is 6.08 Å². The lowest BCUT2D eigenvalue weighted by atomic mass is 10.2. The van der Waals surface area contributed by atoms with E-state index in [4.69, 9.17) is 5.73 Å². The lowest BCUT2D eigenvalue weighted by Gasteiger charge is -1.94. The molecule has 0 saturated carbocycles. The Kier molecular flexibility index (Phi) is 6.86. The lowest BCUT2D eigenvalue weighted by molar-refractivity contribution is -0.114. The van der Waals surface area contributed by atoms with Crippen LogP contribution in [-0.4, -0.2) is 21.8 Å². The summed E-state index contributed by atoms with van der Waals surface area (Å²) in [7, 11) is 0. The van der Waals surface area contributed by atoms with Gasteiger partial charge in [0.15, 0.2) is 0 Å². The molecule has 2 rings (SSSR count). The van der Waals surface area contributed by atoms with Gasteiger partial charge in [0, 0.05) is 18.0 Å². The molecule has 0 aliphatic heterocycles. The molecule has 5 nitrogen and oxygen atoms in total. The third-order valence-corrected chi connectivity index (χ3v) is 2.98. The second-order valence-electron chi connectivity index (χ2n) is 3.79. The van der Waals surface area contributed by atoms with E-state index in [0.29, 0.717) is 17.4 Å². The van der Waals surface area contributed by atoms with Gasteiger partial charge in [-0.2, -0.15) is 4.37 Å². The van der Waals surface area contributed by atoms with E-state index in [2.05, 4.69) is 14.7 Å². The van der Waals surface area contributed by atoms with Gasteiger partial charge in [0.25, 0.3) is 0 Å². The van der Waals surface area contributed by atoms with Gasteiger partial charge >= 0.3 is 0 Å². The van der Waals surface area contributed by atoms with Crippen LogP contribution < -0.4 is 11.1 Å². The van der Waals surface area contributed by atoms with Crippen molar-refractivity contribution in [3.63, 3.8) is 0 Å². The van der Waals surface area contributed by atoms with E-state index < -0.39 is 0 Å².